The largest absolute Gasteiger partial charge is 0.573 e. The number of aromatic nitrogens is 1. The van der Waals surface area contributed by atoms with Crippen LogP contribution < -0.4 is 4.74 Å². The molecule has 0 radical (unpaired) electrons. The molecule has 0 bridgehead atoms. The zero-order valence-corrected chi connectivity index (χ0v) is 9.73. The number of alkyl halides is 5. The molecule has 0 aromatic carbocycles. The van der Waals surface area contributed by atoms with Crippen molar-refractivity contribution in [3.63, 3.8) is 0 Å². The van der Waals surface area contributed by atoms with Gasteiger partial charge in [-0.05, 0) is 16.0 Å². The number of nitrogens with zero attached hydrogens (tertiary/aromatic N) is 2. The highest BCUT2D eigenvalue weighted by atomic mass is 19.4. The van der Waals surface area contributed by atoms with E-state index in [2.05, 4.69) is 9.72 Å². The zero-order valence-electron chi connectivity index (χ0n) is 9.73. The number of nitro groups is 1. The van der Waals surface area contributed by atoms with Gasteiger partial charge in [0.1, 0.15) is 0 Å². The molecule has 0 aliphatic carbocycles. The van der Waals surface area contributed by atoms with Crippen molar-refractivity contribution in [2.24, 2.45) is 0 Å². The van der Waals surface area contributed by atoms with E-state index in [-0.39, 0.29) is 6.07 Å². The number of pyridine rings is 1. The normalized spacial score (nSPS) is 11.5. The lowest BCUT2D eigenvalue weighted by Crippen LogP contribution is -2.19. The van der Waals surface area contributed by atoms with E-state index in [0.29, 0.717) is 0 Å². The van der Waals surface area contributed by atoms with Gasteiger partial charge in [0.2, 0.25) is 11.4 Å². The first kappa shape index (κ1) is 16.5. The number of halogens is 5. The Hall–Kier alpha value is -2.53. The molecule has 0 fully saturated rings. The van der Waals surface area contributed by atoms with Gasteiger partial charge in [-0.2, -0.15) is 0 Å². The summed E-state index contributed by atoms with van der Waals surface area (Å²) in [6, 6.07) is 0.217. The Kier molecular flexibility index (Phi) is 4.60. The van der Waals surface area contributed by atoms with Gasteiger partial charge in [-0.15, -0.1) is 13.2 Å². The van der Waals surface area contributed by atoms with Crippen molar-refractivity contribution in [1.29, 1.82) is 0 Å². The first-order chi connectivity index (χ1) is 9.51. The van der Waals surface area contributed by atoms with E-state index in [9.17, 15) is 36.9 Å². The first-order valence-electron chi connectivity index (χ1n) is 4.95. The van der Waals surface area contributed by atoms with E-state index >= 15 is 0 Å². The number of hydrogen-bond acceptors (Lipinski definition) is 5. The minimum absolute atomic E-state index is 0.217. The highest BCUT2D eigenvalue weighted by Gasteiger charge is 2.37. The van der Waals surface area contributed by atoms with E-state index in [1.165, 1.54) is 0 Å². The SMILES string of the molecule is O=C(O)Cc1cc(OC(F)(F)F)c([N+](=O)[O-])nc1C(F)F. The Balaban J connectivity index is 3.47. The first-order valence-corrected chi connectivity index (χ1v) is 4.95. The van der Waals surface area contributed by atoms with Crippen LogP contribution in [-0.4, -0.2) is 27.3 Å². The number of ether oxygens (including phenoxy) is 1. The molecule has 0 aliphatic rings. The quantitative estimate of drug-likeness (QED) is 0.508. The zero-order chi connectivity index (χ0) is 16.4. The van der Waals surface area contributed by atoms with Crippen molar-refractivity contribution >= 4 is 11.8 Å². The number of hydrogen-bond donors (Lipinski definition) is 1. The second-order valence-electron chi connectivity index (χ2n) is 3.53. The van der Waals surface area contributed by atoms with Crippen LogP contribution in [0.4, 0.5) is 27.8 Å². The van der Waals surface area contributed by atoms with Crippen LogP contribution in [0.2, 0.25) is 0 Å². The van der Waals surface area contributed by atoms with Crippen LogP contribution in [0.1, 0.15) is 17.7 Å². The van der Waals surface area contributed by atoms with Crippen molar-refractivity contribution in [1.82, 2.24) is 4.98 Å². The Labute approximate surface area is 112 Å². The number of carboxylic acids is 1. The Bertz CT molecular complexity index is 574. The molecule has 1 heterocycles. The van der Waals surface area contributed by atoms with Crippen molar-refractivity contribution in [2.75, 3.05) is 0 Å². The third-order valence-corrected chi connectivity index (χ3v) is 2.03. The minimum Gasteiger partial charge on any atom is -0.481 e. The predicted octanol–water partition coefficient (Wildman–Crippen LogP) is 2.45. The van der Waals surface area contributed by atoms with Crippen LogP contribution in [0.25, 0.3) is 0 Å². The summed E-state index contributed by atoms with van der Waals surface area (Å²) in [7, 11) is 0. The minimum atomic E-state index is -5.33. The van der Waals surface area contributed by atoms with Crippen LogP contribution in [0.5, 0.6) is 5.75 Å². The second kappa shape index (κ2) is 5.85. The maximum atomic E-state index is 12.6. The van der Waals surface area contributed by atoms with Crippen LogP contribution in [0.3, 0.4) is 0 Å². The van der Waals surface area contributed by atoms with Crippen LogP contribution >= 0.6 is 0 Å². The second-order valence-corrected chi connectivity index (χ2v) is 3.53. The molecule has 0 saturated heterocycles. The fraction of sp³-hybridized carbons (Fsp3) is 0.333. The van der Waals surface area contributed by atoms with Gasteiger partial charge < -0.3 is 20.0 Å². The average molecular weight is 316 g/mol. The standard InChI is InChI=1S/C9H5F5N2O5/c10-7(11)6-3(2-5(17)18)1-4(21-9(12,13)14)8(15-6)16(19)20/h1,7H,2H2,(H,17,18). The highest BCUT2D eigenvalue weighted by molar-refractivity contribution is 5.71. The molecule has 0 saturated carbocycles. The van der Waals surface area contributed by atoms with Gasteiger partial charge in [-0.3, -0.25) is 4.79 Å². The maximum Gasteiger partial charge on any atom is 0.573 e. The smallest absolute Gasteiger partial charge is 0.481 e. The molecular formula is C9H5F5N2O5. The Morgan fingerprint density at radius 1 is 1.48 bits per heavy atom. The van der Waals surface area contributed by atoms with E-state index in [4.69, 9.17) is 5.11 Å². The van der Waals surface area contributed by atoms with Crippen molar-refractivity contribution in [2.45, 2.75) is 19.2 Å². The Morgan fingerprint density at radius 2 is 2.05 bits per heavy atom. The number of carboxylic acid groups (broad SMARTS) is 1. The molecule has 0 amide bonds. The fourth-order valence-corrected chi connectivity index (χ4v) is 1.36. The van der Waals surface area contributed by atoms with Crippen molar-refractivity contribution in [3.8, 4) is 5.75 Å². The summed E-state index contributed by atoms with van der Waals surface area (Å²) in [5, 5.41) is 19.1. The lowest BCUT2D eigenvalue weighted by atomic mass is 10.1. The molecule has 1 rings (SSSR count). The maximum absolute atomic E-state index is 12.6. The van der Waals surface area contributed by atoms with Gasteiger partial charge in [0, 0.05) is 5.56 Å². The van der Waals surface area contributed by atoms with Crippen LogP contribution in [0.15, 0.2) is 6.07 Å². The van der Waals surface area contributed by atoms with Gasteiger partial charge in [0.15, 0.2) is 0 Å². The number of carbonyl (C=O) groups is 1. The molecule has 0 aliphatic heterocycles. The third-order valence-electron chi connectivity index (χ3n) is 2.03. The molecule has 0 unspecified atom stereocenters. The predicted molar refractivity (Wildman–Crippen MR) is 53.9 cm³/mol. The summed E-state index contributed by atoms with van der Waals surface area (Å²) in [5.74, 6) is -4.68. The van der Waals surface area contributed by atoms with Gasteiger partial charge >= 0.3 is 24.6 Å². The van der Waals surface area contributed by atoms with Crippen LogP contribution in [0, 0.1) is 10.1 Å². The molecule has 12 heteroatoms. The van der Waals surface area contributed by atoms with E-state index in [0.717, 1.165) is 0 Å². The van der Waals surface area contributed by atoms with E-state index in [1.54, 1.807) is 0 Å². The summed E-state index contributed by atoms with van der Waals surface area (Å²) < 4.78 is 64.9. The Morgan fingerprint density at radius 3 is 2.43 bits per heavy atom. The summed E-state index contributed by atoms with van der Waals surface area (Å²) in [4.78, 5) is 22.4. The third kappa shape index (κ3) is 4.50. The lowest BCUT2D eigenvalue weighted by Gasteiger charge is -2.11. The monoisotopic (exact) mass is 316 g/mol. The van der Waals surface area contributed by atoms with Crippen molar-refractivity contribution in [3.05, 3.63) is 27.4 Å². The fourth-order valence-electron chi connectivity index (χ4n) is 1.36. The summed E-state index contributed by atoms with van der Waals surface area (Å²) in [6.07, 6.45) is -9.84. The van der Waals surface area contributed by atoms with E-state index < -0.39 is 52.9 Å². The summed E-state index contributed by atoms with van der Waals surface area (Å²) in [5.41, 5.74) is -2.11. The molecule has 7 nitrogen and oxygen atoms in total. The van der Waals surface area contributed by atoms with Gasteiger partial charge in [0.25, 0.3) is 0 Å². The molecule has 1 aromatic rings. The summed E-state index contributed by atoms with van der Waals surface area (Å²) in [6.45, 7) is 0. The molecular weight excluding hydrogens is 311 g/mol. The molecule has 21 heavy (non-hydrogen) atoms. The molecule has 0 spiro atoms. The highest BCUT2D eigenvalue weighted by Crippen LogP contribution is 2.35. The number of rotatable bonds is 5. The molecule has 0 atom stereocenters. The topological polar surface area (TPSA) is 103 Å². The van der Waals surface area contributed by atoms with E-state index in [1.807, 2.05) is 0 Å². The average Bonchev–Trinajstić information content (AvgIpc) is 2.24. The molecule has 116 valence electrons. The number of aliphatic carboxylic acids is 1. The van der Waals surface area contributed by atoms with Gasteiger partial charge in [0.05, 0.1) is 6.42 Å². The molecule has 1 aromatic heterocycles. The van der Waals surface area contributed by atoms with Crippen molar-refractivity contribution < 1.29 is 41.5 Å². The summed E-state index contributed by atoms with van der Waals surface area (Å²) >= 11 is 0. The van der Waals surface area contributed by atoms with Crippen LogP contribution in [-0.2, 0) is 11.2 Å². The lowest BCUT2D eigenvalue weighted by molar-refractivity contribution is -0.393. The van der Waals surface area contributed by atoms with Gasteiger partial charge in [-0.1, -0.05) is 0 Å². The van der Waals surface area contributed by atoms with Gasteiger partial charge in [-0.25, -0.2) is 8.78 Å². The molecule has 1 N–H and O–H groups in total.